The van der Waals surface area contributed by atoms with Crippen LogP contribution in [0.1, 0.15) is 58.6 Å². The third-order valence-electron chi connectivity index (χ3n) is 4.53. The van der Waals surface area contributed by atoms with E-state index in [1.807, 2.05) is 12.1 Å². The zero-order valence-corrected chi connectivity index (χ0v) is 12.6. The maximum atomic E-state index is 9.56. The van der Waals surface area contributed by atoms with Gasteiger partial charge in [0.2, 0.25) is 0 Å². The first-order valence-corrected chi connectivity index (χ1v) is 7.42. The summed E-state index contributed by atoms with van der Waals surface area (Å²) in [5.41, 5.74) is 1.66. The Morgan fingerprint density at radius 2 is 2.11 bits per heavy atom. The van der Waals surface area contributed by atoms with Crippen LogP contribution in [0.4, 0.5) is 0 Å². The largest absolute Gasteiger partial charge is 0.508 e. The molecule has 1 aromatic rings. The van der Waals surface area contributed by atoms with Crippen molar-refractivity contribution in [2.45, 2.75) is 59.0 Å². The van der Waals surface area contributed by atoms with Crippen LogP contribution in [0.3, 0.4) is 0 Å². The van der Waals surface area contributed by atoms with Gasteiger partial charge in [0, 0.05) is 12.1 Å². The highest BCUT2D eigenvalue weighted by Gasteiger charge is 2.32. The second kappa shape index (κ2) is 5.54. The summed E-state index contributed by atoms with van der Waals surface area (Å²) in [5.74, 6) is 1.06. The van der Waals surface area contributed by atoms with Gasteiger partial charge in [-0.25, -0.2) is 0 Å². The Morgan fingerprint density at radius 1 is 1.37 bits per heavy atom. The third kappa shape index (κ3) is 3.73. The highest BCUT2D eigenvalue weighted by molar-refractivity contribution is 5.29. The van der Waals surface area contributed by atoms with Gasteiger partial charge in [-0.1, -0.05) is 32.9 Å². The van der Waals surface area contributed by atoms with E-state index in [2.05, 4.69) is 39.1 Å². The van der Waals surface area contributed by atoms with Crippen LogP contribution >= 0.6 is 0 Å². The zero-order chi connectivity index (χ0) is 14.0. The summed E-state index contributed by atoms with van der Waals surface area (Å²) in [7, 11) is 0. The topological polar surface area (TPSA) is 32.3 Å². The molecule has 0 spiro atoms. The maximum absolute atomic E-state index is 9.56. The van der Waals surface area contributed by atoms with Crippen LogP contribution in [0.5, 0.6) is 5.75 Å². The van der Waals surface area contributed by atoms with E-state index in [0.717, 1.165) is 5.56 Å². The quantitative estimate of drug-likeness (QED) is 0.852. The highest BCUT2D eigenvalue weighted by atomic mass is 16.3. The van der Waals surface area contributed by atoms with E-state index >= 15 is 0 Å². The van der Waals surface area contributed by atoms with Crippen LogP contribution < -0.4 is 5.32 Å². The molecule has 0 saturated heterocycles. The van der Waals surface area contributed by atoms with Crippen LogP contribution in [-0.4, -0.2) is 11.1 Å². The molecule has 1 aliphatic carbocycles. The zero-order valence-electron chi connectivity index (χ0n) is 12.6. The van der Waals surface area contributed by atoms with Gasteiger partial charge in [-0.2, -0.15) is 0 Å². The molecule has 2 N–H and O–H groups in total. The first-order valence-electron chi connectivity index (χ1n) is 7.42. The number of benzene rings is 1. The van der Waals surface area contributed by atoms with Crippen molar-refractivity contribution in [2.24, 2.45) is 11.3 Å². The molecule has 0 aromatic heterocycles. The van der Waals surface area contributed by atoms with Crippen molar-refractivity contribution in [1.82, 2.24) is 5.32 Å². The molecule has 19 heavy (non-hydrogen) atoms. The number of hydrogen-bond acceptors (Lipinski definition) is 2. The summed E-state index contributed by atoms with van der Waals surface area (Å²) in [5, 5.41) is 13.3. The lowest BCUT2D eigenvalue weighted by Crippen LogP contribution is -2.42. The SMILES string of the molecule is CC(NC1CCC(C)(C)CC1C)c1cccc(O)c1. The number of rotatable bonds is 3. The molecule has 1 saturated carbocycles. The fourth-order valence-electron chi connectivity index (χ4n) is 3.41. The number of hydrogen-bond donors (Lipinski definition) is 2. The highest BCUT2D eigenvalue weighted by Crippen LogP contribution is 2.39. The Morgan fingerprint density at radius 3 is 2.74 bits per heavy atom. The molecule has 0 aliphatic heterocycles. The molecule has 0 bridgehead atoms. The van der Waals surface area contributed by atoms with Gasteiger partial charge in [-0.05, 0) is 55.2 Å². The van der Waals surface area contributed by atoms with Crippen LogP contribution in [0.2, 0.25) is 0 Å². The summed E-state index contributed by atoms with van der Waals surface area (Å²) in [6.07, 6.45) is 3.83. The molecule has 3 atom stereocenters. The van der Waals surface area contributed by atoms with Gasteiger partial charge in [0.05, 0.1) is 0 Å². The molecule has 0 radical (unpaired) electrons. The average molecular weight is 261 g/mol. The molecule has 0 heterocycles. The first kappa shape index (κ1) is 14.4. The summed E-state index contributed by atoms with van der Waals surface area (Å²) in [6.45, 7) is 9.28. The van der Waals surface area contributed by atoms with Crippen LogP contribution in [0, 0.1) is 11.3 Å². The maximum Gasteiger partial charge on any atom is 0.115 e. The van der Waals surface area contributed by atoms with E-state index in [-0.39, 0.29) is 0 Å². The van der Waals surface area contributed by atoms with E-state index in [1.54, 1.807) is 6.07 Å². The van der Waals surface area contributed by atoms with Crippen molar-refractivity contribution < 1.29 is 5.11 Å². The molecule has 1 aromatic carbocycles. The standard InChI is InChI=1S/C17H27NO/c1-12-11-17(3,4)9-8-16(12)18-13(2)14-6-5-7-15(19)10-14/h5-7,10,12-13,16,18-19H,8-9,11H2,1-4H3. The van der Waals surface area contributed by atoms with Crippen LogP contribution in [-0.2, 0) is 0 Å². The van der Waals surface area contributed by atoms with Crippen molar-refractivity contribution in [3.63, 3.8) is 0 Å². The molecule has 3 unspecified atom stereocenters. The minimum atomic E-state index is 0.292. The fourth-order valence-corrected chi connectivity index (χ4v) is 3.41. The van der Waals surface area contributed by atoms with Gasteiger partial charge in [-0.15, -0.1) is 0 Å². The van der Waals surface area contributed by atoms with E-state index in [1.165, 1.54) is 19.3 Å². The lowest BCUT2D eigenvalue weighted by Gasteiger charge is -2.40. The third-order valence-corrected chi connectivity index (χ3v) is 4.53. The number of phenolic OH excluding ortho intramolecular Hbond substituents is 1. The van der Waals surface area contributed by atoms with E-state index < -0.39 is 0 Å². The van der Waals surface area contributed by atoms with Crippen molar-refractivity contribution in [3.8, 4) is 5.75 Å². The molecular formula is C17H27NO. The van der Waals surface area contributed by atoms with Gasteiger partial charge in [0.25, 0.3) is 0 Å². The normalized spacial score (nSPS) is 28.0. The first-order chi connectivity index (χ1) is 8.87. The minimum absolute atomic E-state index is 0.292. The second-order valence-electron chi connectivity index (χ2n) is 6.97. The molecule has 106 valence electrons. The number of nitrogens with one attached hydrogen (secondary N) is 1. The Bertz CT molecular complexity index is 427. The monoisotopic (exact) mass is 261 g/mol. The Hall–Kier alpha value is -1.02. The van der Waals surface area contributed by atoms with E-state index in [4.69, 9.17) is 0 Å². The van der Waals surface area contributed by atoms with E-state index in [0.29, 0.717) is 29.2 Å². The van der Waals surface area contributed by atoms with Gasteiger partial charge < -0.3 is 10.4 Å². The predicted molar refractivity (Wildman–Crippen MR) is 80.2 cm³/mol. The summed E-state index contributed by atoms with van der Waals surface area (Å²) in [4.78, 5) is 0. The Kier molecular flexibility index (Phi) is 4.19. The van der Waals surface area contributed by atoms with Crippen molar-refractivity contribution >= 4 is 0 Å². The molecule has 0 amide bonds. The van der Waals surface area contributed by atoms with Gasteiger partial charge in [0.15, 0.2) is 0 Å². The fraction of sp³-hybridized carbons (Fsp3) is 0.647. The summed E-state index contributed by atoms with van der Waals surface area (Å²) in [6, 6.07) is 8.45. The van der Waals surface area contributed by atoms with Crippen molar-refractivity contribution in [3.05, 3.63) is 29.8 Å². The second-order valence-corrected chi connectivity index (χ2v) is 6.97. The summed E-state index contributed by atoms with van der Waals surface area (Å²) < 4.78 is 0. The minimum Gasteiger partial charge on any atom is -0.508 e. The molecule has 1 fully saturated rings. The lowest BCUT2D eigenvalue weighted by molar-refractivity contribution is 0.143. The summed E-state index contributed by atoms with van der Waals surface area (Å²) >= 11 is 0. The van der Waals surface area contributed by atoms with E-state index in [9.17, 15) is 5.11 Å². The number of phenols is 1. The Balaban J connectivity index is 1.98. The average Bonchev–Trinajstić information content (AvgIpc) is 2.32. The van der Waals surface area contributed by atoms with Gasteiger partial charge in [0.1, 0.15) is 5.75 Å². The molecule has 2 nitrogen and oxygen atoms in total. The molecular weight excluding hydrogens is 234 g/mol. The Labute approximate surface area is 117 Å². The smallest absolute Gasteiger partial charge is 0.115 e. The molecule has 2 heteroatoms. The van der Waals surface area contributed by atoms with Gasteiger partial charge >= 0.3 is 0 Å². The van der Waals surface area contributed by atoms with Crippen molar-refractivity contribution in [2.75, 3.05) is 0 Å². The van der Waals surface area contributed by atoms with Crippen LogP contribution in [0.25, 0.3) is 0 Å². The molecule has 1 aliphatic rings. The van der Waals surface area contributed by atoms with Crippen molar-refractivity contribution in [1.29, 1.82) is 0 Å². The van der Waals surface area contributed by atoms with Gasteiger partial charge in [-0.3, -0.25) is 0 Å². The predicted octanol–water partition coefficient (Wildman–Crippen LogP) is 4.26. The molecule has 2 rings (SSSR count). The lowest BCUT2D eigenvalue weighted by atomic mass is 9.70. The van der Waals surface area contributed by atoms with Crippen LogP contribution in [0.15, 0.2) is 24.3 Å². The number of aromatic hydroxyl groups is 1.